The maximum Gasteiger partial charge on any atom is 0.167 e. The zero-order valence-corrected chi connectivity index (χ0v) is 16.0. The molecule has 0 aliphatic heterocycles. The Morgan fingerprint density at radius 3 is 2.59 bits per heavy atom. The van der Waals surface area contributed by atoms with Crippen molar-refractivity contribution in [1.29, 1.82) is 0 Å². The highest BCUT2D eigenvalue weighted by atomic mass is 15.2. The zero-order chi connectivity index (χ0) is 19.8. The number of para-hydroxylation sites is 2. The number of hydrogen-bond acceptors (Lipinski definition) is 5. The van der Waals surface area contributed by atoms with E-state index < -0.39 is 0 Å². The van der Waals surface area contributed by atoms with E-state index in [1.165, 1.54) is 5.39 Å². The third kappa shape index (κ3) is 2.77. The van der Waals surface area contributed by atoms with Gasteiger partial charge in [0.25, 0.3) is 0 Å². The van der Waals surface area contributed by atoms with E-state index >= 15 is 0 Å². The molecule has 29 heavy (non-hydrogen) atoms. The molecule has 0 saturated carbocycles. The van der Waals surface area contributed by atoms with Crippen LogP contribution in [0.15, 0.2) is 79.4 Å². The van der Waals surface area contributed by atoms with Gasteiger partial charge in [-0.1, -0.05) is 48.5 Å². The molecule has 0 aliphatic carbocycles. The van der Waals surface area contributed by atoms with Crippen molar-refractivity contribution in [1.82, 2.24) is 19.5 Å². The van der Waals surface area contributed by atoms with E-state index in [0.29, 0.717) is 17.3 Å². The van der Waals surface area contributed by atoms with Crippen molar-refractivity contribution in [2.75, 3.05) is 17.2 Å². The van der Waals surface area contributed by atoms with Crippen LogP contribution >= 0.6 is 0 Å². The fourth-order valence-electron chi connectivity index (χ4n) is 3.79. The molecule has 0 fully saturated rings. The van der Waals surface area contributed by atoms with Crippen molar-refractivity contribution in [3.8, 4) is 5.82 Å². The third-order valence-corrected chi connectivity index (χ3v) is 5.15. The fourth-order valence-corrected chi connectivity index (χ4v) is 3.79. The van der Waals surface area contributed by atoms with Crippen LogP contribution in [0.25, 0.3) is 27.6 Å². The van der Waals surface area contributed by atoms with Crippen molar-refractivity contribution < 1.29 is 0 Å². The number of aromatic nitrogens is 4. The van der Waals surface area contributed by atoms with Gasteiger partial charge in [0.05, 0.1) is 16.7 Å². The molecular formula is C23H20N6. The fraction of sp³-hybridized carbons (Fsp3) is 0.0870. The van der Waals surface area contributed by atoms with Crippen molar-refractivity contribution in [2.45, 2.75) is 6.92 Å². The predicted molar refractivity (Wildman–Crippen MR) is 118 cm³/mol. The van der Waals surface area contributed by atoms with Gasteiger partial charge in [0, 0.05) is 11.9 Å². The molecule has 0 radical (unpaired) electrons. The Kier molecular flexibility index (Phi) is 4.09. The largest absolute Gasteiger partial charge is 0.393 e. The molecule has 3 aromatic carbocycles. The molecule has 2 aromatic heterocycles. The van der Waals surface area contributed by atoms with Gasteiger partial charge in [-0.05, 0) is 30.5 Å². The number of nitrogen functional groups attached to an aromatic ring is 1. The summed E-state index contributed by atoms with van der Waals surface area (Å²) in [5.74, 6) is 1.31. The molecule has 6 nitrogen and oxygen atoms in total. The molecule has 5 rings (SSSR count). The molecule has 142 valence electrons. The van der Waals surface area contributed by atoms with Crippen LogP contribution in [0.5, 0.6) is 0 Å². The summed E-state index contributed by atoms with van der Waals surface area (Å²) in [5.41, 5.74) is 10.0. The highest BCUT2D eigenvalue weighted by Crippen LogP contribution is 2.35. The number of hydrogen-bond donors (Lipinski definition) is 1. The first-order chi connectivity index (χ1) is 14.3. The van der Waals surface area contributed by atoms with E-state index in [9.17, 15) is 0 Å². The van der Waals surface area contributed by atoms with Gasteiger partial charge in [0.1, 0.15) is 18.3 Å². The van der Waals surface area contributed by atoms with Crippen LogP contribution < -0.4 is 10.6 Å². The minimum Gasteiger partial charge on any atom is -0.393 e. The van der Waals surface area contributed by atoms with Gasteiger partial charge >= 0.3 is 0 Å². The second-order valence-corrected chi connectivity index (χ2v) is 6.78. The SMILES string of the molecule is CCN(c1ncnc(-n2cnc3ccccc32)c1N)c1cccc2ccccc12. The second-order valence-electron chi connectivity index (χ2n) is 6.78. The van der Waals surface area contributed by atoms with Crippen LogP contribution in [-0.2, 0) is 0 Å². The summed E-state index contributed by atoms with van der Waals surface area (Å²) in [6, 6.07) is 22.5. The topological polar surface area (TPSA) is 72.9 Å². The summed E-state index contributed by atoms with van der Waals surface area (Å²) in [4.78, 5) is 15.6. The summed E-state index contributed by atoms with van der Waals surface area (Å²) in [6.45, 7) is 2.81. The molecule has 0 bridgehead atoms. The molecular weight excluding hydrogens is 360 g/mol. The first-order valence-corrected chi connectivity index (χ1v) is 9.56. The monoisotopic (exact) mass is 380 g/mol. The maximum atomic E-state index is 6.61. The van der Waals surface area contributed by atoms with Gasteiger partial charge in [0.2, 0.25) is 0 Å². The highest BCUT2D eigenvalue weighted by Gasteiger charge is 2.19. The number of nitrogens with two attached hydrogens (primary N) is 1. The Morgan fingerprint density at radius 1 is 0.897 bits per heavy atom. The first-order valence-electron chi connectivity index (χ1n) is 9.56. The lowest BCUT2D eigenvalue weighted by molar-refractivity contribution is 0.953. The van der Waals surface area contributed by atoms with Gasteiger partial charge < -0.3 is 10.6 Å². The molecule has 0 spiro atoms. The van der Waals surface area contributed by atoms with Crippen LogP contribution in [0, 0.1) is 0 Å². The quantitative estimate of drug-likeness (QED) is 0.489. The average Bonchev–Trinajstić information content (AvgIpc) is 3.19. The van der Waals surface area contributed by atoms with E-state index in [4.69, 9.17) is 5.73 Å². The zero-order valence-electron chi connectivity index (χ0n) is 16.0. The predicted octanol–water partition coefficient (Wildman–Crippen LogP) is 4.71. The lowest BCUT2D eigenvalue weighted by Gasteiger charge is -2.25. The number of benzene rings is 3. The van der Waals surface area contributed by atoms with E-state index in [1.54, 1.807) is 12.7 Å². The molecule has 0 saturated heterocycles. The molecule has 5 aromatic rings. The minimum atomic E-state index is 0.519. The normalized spacial score (nSPS) is 11.2. The van der Waals surface area contributed by atoms with Crippen molar-refractivity contribution in [2.24, 2.45) is 0 Å². The lowest BCUT2D eigenvalue weighted by atomic mass is 10.1. The van der Waals surface area contributed by atoms with Gasteiger partial charge in [-0.2, -0.15) is 0 Å². The Bertz CT molecular complexity index is 1320. The third-order valence-electron chi connectivity index (χ3n) is 5.15. The van der Waals surface area contributed by atoms with Crippen LogP contribution in [0.1, 0.15) is 6.92 Å². The van der Waals surface area contributed by atoms with Crippen molar-refractivity contribution >= 4 is 39.0 Å². The number of rotatable bonds is 4. The second kappa shape index (κ2) is 6.91. The molecule has 0 unspecified atom stereocenters. The summed E-state index contributed by atoms with van der Waals surface area (Å²) in [5, 5.41) is 2.33. The molecule has 0 atom stereocenters. The van der Waals surface area contributed by atoms with Crippen molar-refractivity contribution in [3.63, 3.8) is 0 Å². The van der Waals surface area contributed by atoms with E-state index in [1.807, 2.05) is 41.0 Å². The van der Waals surface area contributed by atoms with Crippen LogP contribution in [0.2, 0.25) is 0 Å². The smallest absolute Gasteiger partial charge is 0.167 e. The molecule has 0 aliphatic rings. The van der Waals surface area contributed by atoms with Gasteiger partial charge in [-0.3, -0.25) is 4.57 Å². The van der Waals surface area contributed by atoms with Gasteiger partial charge in [-0.25, -0.2) is 15.0 Å². The summed E-state index contributed by atoms with van der Waals surface area (Å²) < 4.78 is 1.91. The number of anilines is 3. The standard InChI is InChI=1S/C23H20N6/c1-2-28(19-13-7-9-16-8-3-4-10-17(16)19)22-21(24)23(26-14-25-22)29-15-27-18-11-5-6-12-20(18)29/h3-15H,2,24H2,1H3. The average molecular weight is 380 g/mol. The summed E-state index contributed by atoms with van der Waals surface area (Å²) >= 11 is 0. The van der Waals surface area contributed by atoms with Crippen LogP contribution in [-0.4, -0.2) is 26.1 Å². The van der Waals surface area contributed by atoms with Crippen molar-refractivity contribution in [3.05, 3.63) is 79.4 Å². The Morgan fingerprint density at radius 2 is 1.69 bits per heavy atom. The van der Waals surface area contributed by atoms with E-state index in [2.05, 4.69) is 57.1 Å². The lowest BCUT2D eigenvalue weighted by Crippen LogP contribution is -2.20. The number of imidazole rings is 1. The minimum absolute atomic E-state index is 0.519. The van der Waals surface area contributed by atoms with E-state index in [0.717, 1.165) is 28.7 Å². The Balaban J connectivity index is 1.69. The molecule has 2 N–H and O–H groups in total. The van der Waals surface area contributed by atoms with Crippen LogP contribution in [0.3, 0.4) is 0 Å². The summed E-state index contributed by atoms with van der Waals surface area (Å²) in [6.07, 6.45) is 3.31. The first kappa shape index (κ1) is 17.2. The molecule has 2 heterocycles. The van der Waals surface area contributed by atoms with Gasteiger partial charge in [-0.15, -0.1) is 0 Å². The molecule has 0 amide bonds. The number of fused-ring (bicyclic) bond motifs is 2. The molecule has 6 heteroatoms. The van der Waals surface area contributed by atoms with Crippen LogP contribution in [0.4, 0.5) is 17.2 Å². The van der Waals surface area contributed by atoms with Gasteiger partial charge in [0.15, 0.2) is 11.6 Å². The Labute approximate surface area is 168 Å². The highest BCUT2D eigenvalue weighted by molar-refractivity contribution is 5.97. The maximum absolute atomic E-state index is 6.61. The number of nitrogens with zero attached hydrogens (tertiary/aromatic N) is 5. The Hall–Kier alpha value is -3.93. The summed E-state index contributed by atoms with van der Waals surface area (Å²) in [7, 11) is 0. The van der Waals surface area contributed by atoms with E-state index in [-0.39, 0.29) is 0 Å².